The molecule has 1 saturated carbocycles. The highest BCUT2D eigenvalue weighted by atomic mass is 16.5. The number of rotatable bonds is 7. The zero-order valence-electron chi connectivity index (χ0n) is 19.7. The molecule has 1 heterocycles. The number of pyridine rings is 1. The molecule has 1 N–H and O–H groups in total. The van der Waals surface area contributed by atoms with Crippen LogP contribution in [-0.2, 0) is 4.79 Å². The first-order valence-corrected chi connectivity index (χ1v) is 11.8. The van der Waals surface area contributed by atoms with Gasteiger partial charge in [-0.2, -0.15) is 0 Å². The lowest BCUT2D eigenvalue weighted by Gasteiger charge is -2.33. The van der Waals surface area contributed by atoms with Gasteiger partial charge in [0, 0.05) is 17.9 Å². The molecule has 1 aliphatic rings. The molecule has 0 saturated heterocycles. The van der Waals surface area contributed by atoms with E-state index in [1.54, 1.807) is 60.7 Å². The first-order chi connectivity index (χ1) is 16.6. The van der Waals surface area contributed by atoms with Gasteiger partial charge in [0.1, 0.15) is 17.5 Å². The molecule has 2 aromatic carbocycles. The summed E-state index contributed by atoms with van der Waals surface area (Å²) in [4.78, 5) is 33.5. The third-order valence-corrected chi connectivity index (χ3v) is 6.30. The van der Waals surface area contributed by atoms with Gasteiger partial charge in [0.2, 0.25) is 5.91 Å². The Hall–Kier alpha value is -3.67. The Bertz CT molecular complexity index is 1090. The SMILES string of the molecule is COc1ccc(N(C(=O)c2ccccn2)C(C(=O)NC2CCCCC2)c2ccc(C)cc2)cc1. The lowest BCUT2D eigenvalue weighted by Crippen LogP contribution is -2.47. The van der Waals surface area contributed by atoms with Gasteiger partial charge >= 0.3 is 0 Å². The van der Waals surface area contributed by atoms with Crippen molar-refractivity contribution in [1.29, 1.82) is 0 Å². The number of carbonyl (C=O) groups excluding carboxylic acids is 2. The fraction of sp³-hybridized carbons (Fsp3) is 0.321. The highest BCUT2D eigenvalue weighted by Crippen LogP contribution is 2.31. The minimum Gasteiger partial charge on any atom is -0.497 e. The zero-order chi connectivity index (χ0) is 23.9. The summed E-state index contributed by atoms with van der Waals surface area (Å²) < 4.78 is 5.31. The van der Waals surface area contributed by atoms with Crippen LogP contribution in [0.2, 0.25) is 0 Å². The number of amides is 2. The van der Waals surface area contributed by atoms with E-state index in [4.69, 9.17) is 4.74 Å². The van der Waals surface area contributed by atoms with E-state index < -0.39 is 6.04 Å². The molecule has 0 radical (unpaired) electrons. The molecule has 0 aliphatic heterocycles. The van der Waals surface area contributed by atoms with Crippen molar-refractivity contribution in [2.75, 3.05) is 12.0 Å². The second-order valence-corrected chi connectivity index (χ2v) is 8.74. The van der Waals surface area contributed by atoms with Crippen molar-refractivity contribution in [2.24, 2.45) is 0 Å². The van der Waals surface area contributed by atoms with Crippen molar-refractivity contribution in [3.63, 3.8) is 0 Å². The Labute approximate surface area is 201 Å². The van der Waals surface area contributed by atoms with Gasteiger partial charge in [-0.1, -0.05) is 55.2 Å². The second kappa shape index (κ2) is 11.0. The van der Waals surface area contributed by atoms with Crippen molar-refractivity contribution in [3.05, 3.63) is 89.7 Å². The molecular formula is C28H31N3O3. The van der Waals surface area contributed by atoms with Crippen LogP contribution in [0.25, 0.3) is 0 Å². The van der Waals surface area contributed by atoms with Crippen LogP contribution in [-0.4, -0.2) is 29.9 Å². The summed E-state index contributed by atoms with van der Waals surface area (Å²) in [5.41, 5.74) is 2.71. The maximum Gasteiger partial charge on any atom is 0.277 e. The van der Waals surface area contributed by atoms with Crippen LogP contribution in [0, 0.1) is 6.92 Å². The van der Waals surface area contributed by atoms with Crippen LogP contribution >= 0.6 is 0 Å². The zero-order valence-corrected chi connectivity index (χ0v) is 19.7. The summed E-state index contributed by atoms with van der Waals surface area (Å²) in [6, 6.07) is 19.4. The number of benzene rings is 2. The normalized spacial score (nSPS) is 14.8. The maximum absolute atomic E-state index is 13.8. The number of anilines is 1. The minimum absolute atomic E-state index is 0.122. The fourth-order valence-electron chi connectivity index (χ4n) is 4.43. The van der Waals surface area contributed by atoms with Crippen LogP contribution in [0.4, 0.5) is 5.69 Å². The maximum atomic E-state index is 13.8. The Morgan fingerprint density at radius 3 is 2.29 bits per heavy atom. The number of hydrogen-bond donors (Lipinski definition) is 1. The lowest BCUT2D eigenvalue weighted by molar-refractivity contribution is -0.123. The van der Waals surface area contributed by atoms with Crippen LogP contribution in [0.5, 0.6) is 5.75 Å². The van der Waals surface area contributed by atoms with Crippen LogP contribution in [0.3, 0.4) is 0 Å². The van der Waals surface area contributed by atoms with E-state index in [9.17, 15) is 9.59 Å². The monoisotopic (exact) mass is 457 g/mol. The molecule has 3 aromatic rings. The number of methoxy groups -OCH3 is 1. The highest BCUT2D eigenvalue weighted by molar-refractivity contribution is 6.09. The number of ether oxygens (including phenoxy) is 1. The van der Waals surface area contributed by atoms with E-state index in [1.165, 1.54) is 6.42 Å². The molecule has 1 atom stereocenters. The molecule has 4 rings (SSSR count). The average molecular weight is 458 g/mol. The van der Waals surface area contributed by atoms with Gasteiger partial charge in [-0.25, -0.2) is 0 Å². The Morgan fingerprint density at radius 1 is 0.971 bits per heavy atom. The van der Waals surface area contributed by atoms with Crippen molar-refractivity contribution < 1.29 is 14.3 Å². The first kappa shape index (κ1) is 23.5. The molecule has 6 heteroatoms. The Balaban J connectivity index is 1.79. The summed E-state index contributed by atoms with van der Waals surface area (Å²) in [6.07, 6.45) is 6.92. The van der Waals surface area contributed by atoms with Crippen LogP contribution in [0.1, 0.15) is 59.8 Å². The number of nitrogens with zero attached hydrogens (tertiary/aromatic N) is 2. The van der Waals surface area contributed by atoms with Crippen molar-refractivity contribution >= 4 is 17.5 Å². The predicted octanol–water partition coefficient (Wildman–Crippen LogP) is 5.24. The quantitative estimate of drug-likeness (QED) is 0.527. The minimum atomic E-state index is -0.842. The number of carbonyl (C=O) groups is 2. The topological polar surface area (TPSA) is 71.5 Å². The van der Waals surface area contributed by atoms with E-state index in [2.05, 4.69) is 10.3 Å². The van der Waals surface area contributed by atoms with Gasteiger partial charge in [-0.05, 0) is 61.7 Å². The average Bonchev–Trinajstić information content (AvgIpc) is 2.89. The van der Waals surface area contributed by atoms with Gasteiger partial charge in [-0.15, -0.1) is 0 Å². The molecule has 1 unspecified atom stereocenters. The van der Waals surface area contributed by atoms with E-state index in [0.717, 1.165) is 36.8 Å². The van der Waals surface area contributed by atoms with E-state index in [-0.39, 0.29) is 23.6 Å². The van der Waals surface area contributed by atoms with Crippen molar-refractivity contribution in [2.45, 2.75) is 51.1 Å². The fourth-order valence-corrected chi connectivity index (χ4v) is 4.43. The molecule has 0 bridgehead atoms. The van der Waals surface area contributed by atoms with Crippen molar-refractivity contribution in [3.8, 4) is 5.75 Å². The molecule has 0 spiro atoms. The van der Waals surface area contributed by atoms with Crippen LogP contribution in [0.15, 0.2) is 72.9 Å². The third kappa shape index (κ3) is 5.45. The summed E-state index contributed by atoms with van der Waals surface area (Å²) >= 11 is 0. The van der Waals surface area contributed by atoms with Gasteiger partial charge in [0.25, 0.3) is 5.91 Å². The molecule has 176 valence electrons. The van der Waals surface area contributed by atoms with Gasteiger partial charge in [0.05, 0.1) is 7.11 Å². The molecule has 2 amide bonds. The number of nitrogens with one attached hydrogen (secondary N) is 1. The lowest BCUT2D eigenvalue weighted by atomic mass is 9.94. The van der Waals surface area contributed by atoms with E-state index in [0.29, 0.717) is 11.4 Å². The van der Waals surface area contributed by atoms with E-state index >= 15 is 0 Å². The first-order valence-electron chi connectivity index (χ1n) is 11.8. The molecule has 34 heavy (non-hydrogen) atoms. The Kier molecular flexibility index (Phi) is 7.58. The largest absolute Gasteiger partial charge is 0.497 e. The standard InChI is InChI=1S/C28H31N3O3/c1-20-11-13-21(14-12-20)26(27(32)30-22-8-4-3-5-9-22)31(23-15-17-24(34-2)18-16-23)28(33)25-10-6-7-19-29-25/h6-7,10-19,22,26H,3-5,8-9H2,1-2H3,(H,30,32). The second-order valence-electron chi connectivity index (χ2n) is 8.74. The van der Waals surface area contributed by atoms with Gasteiger partial charge in [-0.3, -0.25) is 19.5 Å². The van der Waals surface area contributed by atoms with Crippen LogP contribution < -0.4 is 15.0 Å². The number of hydrogen-bond acceptors (Lipinski definition) is 4. The predicted molar refractivity (Wildman–Crippen MR) is 133 cm³/mol. The Morgan fingerprint density at radius 2 is 1.68 bits per heavy atom. The summed E-state index contributed by atoms with van der Waals surface area (Å²) in [5.74, 6) is 0.151. The van der Waals surface area contributed by atoms with E-state index in [1.807, 2.05) is 31.2 Å². The summed E-state index contributed by atoms with van der Waals surface area (Å²) in [7, 11) is 1.60. The molecule has 1 fully saturated rings. The molecular weight excluding hydrogens is 426 g/mol. The number of aromatic nitrogens is 1. The van der Waals surface area contributed by atoms with Gasteiger partial charge < -0.3 is 10.1 Å². The molecule has 1 aromatic heterocycles. The number of aryl methyl sites for hydroxylation is 1. The summed E-state index contributed by atoms with van der Waals surface area (Å²) in [5, 5.41) is 3.23. The highest BCUT2D eigenvalue weighted by Gasteiger charge is 2.35. The smallest absolute Gasteiger partial charge is 0.277 e. The van der Waals surface area contributed by atoms with Crippen molar-refractivity contribution in [1.82, 2.24) is 10.3 Å². The molecule has 6 nitrogen and oxygen atoms in total. The summed E-state index contributed by atoms with van der Waals surface area (Å²) in [6.45, 7) is 2.00. The molecule has 1 aliphatic carbocycles. The third-order valence-electron chi connectivity index (χ3n) is 6.30. The van der Waals surface area contributed by atoms with Gasteiger partial charge in [0.15, 0.2) is 0 Å².